The normalized spacial score (nSPS) is 10.6. The first-order valence-corrected chi connectivity index (χ1v) is 8.21. The molecule has 0 fully saturated rings. The fourth-order valence-electron chi connectivity index (χ4n) is 2.30. The SMILES string of the molecule is C=CCN(CC=C)c1nc(NC(=O)c2cccc(Cl)c2)n2oc(=O)nc2n1. The molecule has 0 aliphatic carbocycles. The van der Waals surface area contributed by atoms with Gasteiger partial charge in [-0.25, -0.2) is 4.79 Å². The van der Waals surface area contributed by atoms with E-state index in [0.717, 1.165) is 4.57 Å². The molecule has 0 saturated carbocycles. The molecule has 1 aromatic carbocycles. The molecule has 0 spiro atoms. The lowest BCUT2D eigenvalue weighted by molar-refractivity contribution is 0.102. The second-order valence-electron chi connectivity index (χ2n) is 5.36. The van der Waals surface area contributed by atoms with Crippen molar-refractivity contribution in [1.29, 1.82) is 0 Å². The van der Waals surface area contributed by atoms with Crippen molar-refractivity contribution in [2.45, 2.75) is 0 Å². The average molecular weight is 387 g/mol. The number of rotatable bonds is 7. The number of nitrogens with zero attached hydrogens (tertiary/aromatic N) is 5. The van der Waals surface area contributed by atoms with Gasteiger partial charge in [0.25, 0.3) is 17.6 Å². The summed E-state index contributed by atoms with van der Waals surface area (Å²) >= 11 is 5.92. The standard InChI is InChI=1S/C17H15ClN6O3/c1-3-8-23(9-4-2)14-20-15(24-16(21-14)22-17(26)27-24)19-13(25)11-6-5-7-12(18)10-11/h3-7,10H,1-2,8-9H2,(H,19,20,21,22,25,26). The molecule has 27 heavy (non-hydrogen) atoms. The summed E-state index contributed by atoms with van der Waals surface area (Å²) in [7, 11) is 0. The molecule has 10 heteroatoms. The van der Waals surface area contributed by atoms with Crippen LogP contribution in [0.3, 0.4) is 0 Å². The first-order chi connectivity index (χ1) is 13.0. The zero-order valence-electron chi connectivity index (χ0n) is 14.1. The highest BCUT2D eigenvalue weighted by atomic mass is 35.5. The molecular formula is C17H15ClN6O3. The van der Waals surface area contributed by atoms with Gasteiger partial charge in [0.2, 0.25) is 5.95 Å². The van der Waals surface area contributed by atoms with Gasteiger partial charge in [0.05, 0.1) is 0 Å². The predicted molar refractivity (Wildman–Crippen MR) is 101 cm³/mol. The quantitative estimate of drug-likeness (QED) is 0.620. The number of aromatic nitrogens is 4. The van der Waals surface area contributed by atoms with Crippen LogP contribution in [0.4, 0.5) is 11.9 Å². The van der Waals surface area contributed by atoms with Crippen LogP contribution in [0.2, 0.25) is 5.02 Å². The molecule has 3 rings (SSSR count). The van der Waals surface area contributed by atoms with E-state index in [2.05, 4.69) is 33.4 Å². The molecule has 0 saturated heterocycles. The van der Waals surface area contributed by atoms with E-state index in [1.54, 1.807) is 35.3 Å². The van der Waals surface area contributed by atoms with Gasteiger partial charge in [-0.1, -0.05) is 34.4 Å². The Labute approximate surface area is 158 Å². The Bertz CT molecular complexity index is 1060. The molecule has 0 radical (unpaired) electrons. The summed E-state index contributed by atoms with van der Waals surface area (Å²) < 4.78 is 5.89. The Morgan fingerprint density at radius 3 is 2.67 bits per heavy atom. The Balaban J connectivity index is 2.04. The van der Waals surface area contributed by atoms with Crippen molar-refractivity contribution in [3.05, 3.63) is 70.7 Å². The summed E-state index contributed by atoms with van der Waals surface area (Å²) in [4.78, 5) is 37.9. The number of fused-ring (bicyclic) bond motifs is 1. The highest BCUT2D eigenvalue weighted by Gasteiger charge is 2.18. The Morgan fingerprint density at radius 1 is 1.26 bits per heavy atom. The third-order valence-corrected chi connectivity index (χ3v) is 3.67. The highest BCUT2D eigenvalue weighted by molar-refractivity contribution is 6.31. The maximum Gasteiger partial charge on any atom is 0.462 e. The van der Waals surface area contributed by atoms with Crippen molar-refractivity contribution in [1.82, 2.24) is 19.5 Å². The van der Waals surface area contributed by atoms with E-state index in [1.807, 2.05) is 0 Å². The largest absolute Gasteiger partial charge is 0.462 e. The number of carbonyl (C=O) groups excluding carboxylic acids is 1. The number of nitrogens with one attached hydrogen (secondary N) is 1. The van der Waals surface area contributed by atoms with Crippen molar-refractivity contribution in [3.63, 3.8) is 0 Å². The van der Waals surface area contributed by atoms with E-state index >= 15 is 0 Å². The van der Waals surface area contributed by atoms with Crippen LogP contribution in [0, 0.1) is 0 Å². The van der Waals surface area contributed by atoms with Crippen molar-refractivity contribution in [2.24, 2.45) is 0 Å². The van der Waals surface area contributed by atoms with Crippen LogP contribution in [-0.2, 0) is 0 Å². The van der Waals surface area contributed by atoms with E-state index in [4.69, 9.17) is 16.1 Å². The van der Waals surface area contributed by atoms with Gasteiger partial charge in [-0.3, -0.25) is 10.1 Å². The number of hydrogen-bond acceptors (Lipinski definition) is 7. The molecule has 1 amide bonds. The molecule has 0 bridgehead atoms. The van der Waals surface area contributed by atoms with Gasteiger partial charge in [0, 0.05) is 23.7 Å². The Morgan fingerprint density at radius 2 is 2.00 bits per heavy atom. The number of hydrogen-bond donors (Lipinski definition) is 1. The third-order valence-electron chi connectivity index (χ3n) is 3.43. The summed E-state index contributed by atoms with van der Waals surface area (Å²) in [5.74, 6) is -1.21. The highest BCUT2D eigenvalue weighted by Crippen LogP contribution is 2.16. The Hall–Kier alpha value is -3.46. The fraction of sp³-hybridized carbons (Fsp3) is 0.118. The fourth-order valence-corrected chi connectivity index (χ4v) is 2.49. The lowest BCUT2D eigenvalue weighted by atomic mass is 10.2. The second kappa shape index (κ2) is 7.83. The van der Waals surface area contributed by atoms with E-state index in [9.17, 15) is 9.59 Å². The van der Waals surface area contributed by atoms with Gasteiger partial charge >= 0.3 is 5.76 Å². The average Bonchev–Trinajstić information content (AvgIpc) is 3.02. The zero-order valence-corrected chi connectivity index (χ0v) is 14.9. The molecule has 0 aliphatic rings. The second-order valence-corrected chi connectivity index (χ2v) is 5.79. The number of halogens is 1. The summed E-state index contributed by atoms with van der Waals surface area (Å²) in [6.07, 6.45) is 3.33. The van der Waals surface area contributed by atoms with Crippen LogP contribution in [0.5, 0.6) is 0 Å². The van der Waals surface area contributed by atoms with Crippen molar-refractivity contribution < 1.29 is 9.32 Å². The molecule has 3 aromatic rings. The zero-order chi connectivity index (χ0) is 19.4. The number of anilines is 2. The minimum absolute atomic E-state index is 0.0375. The van der Waals surface area contributed by atoms with Gasteiger partial charge < -0.3 is 9.42 Å². The van der Waals surface area contributed by atoms with Gasteiger partial charge in [0.15, 0.2) is 0 Å². The Kier molecular flexibility index (Phi) is 5.32. The summed E-state index contributed by atoms with van der Waals surface area (Å²) in [5, 5.41) is 3.00. The molecule has 0 aliphatic heterocycles. The summed E-state index contributed by atoms with van der Waals surface area (Å²) in [6, 6.07) is 6.39. The van der Waals surface area contributed by atoms with E-state index < -0.39 is 11.7 Å². The minimum atomic E-state index is -0.862. The number of amides is 1. The van der Waals surface area contributed by atoms with Crippen LogP contribution >= 0.6 is 11.6 Å². The first kappa shape index (κ1) is 18.3. The predicted octanol–water partition coefficient (Wildman–Crippen LogP) is 2.16. The van der Waals surface area contributed by atoms with E-state index in [0.29, 0.717) is 23.7 Å². The van der Waals surface area contributed by atoms with Crippen molar-refractivity contribution >= 4 is 35.2 Å². The van der Waals surface area contributed by atoms with Crippen LogP contribution < -0.4 is 16.0 Å². The molecule has 138 valence electrons. The van der Waals surface area contributed by atoms with E-state index in [1.165, 1.54) is 6.07 Å². The lowest BCUT2D eigenvalue weighted by Gasteiger charge is -2.19. The molecular weight excluding hydrogens is 372 g/mol. The van der Waals surface area contributed by atoms with Crippen molar-refractivity contribution in [3.8, 4) is 0 Å². The topological polar surface area (TPSA) is 106 Å². The summed E-state index contributed by atoms with van der Waals surface area (Å²) in [5.41, 5.74) is 0.312. The minimum Gasteiger partial charge on any atom is -0.333 e. The van der Waals surface area contributed by atoms with Gasteiger partial charge in [-0.05, 0) is 18.2 Å². The molecule has 0 atom stereocenters. The third kappa shape index (κ3) is 4.04. The molecule has 0 unspecified atom stereocenters. The summed E-state index contributed by atoms with van der Waals surface area (Å²) in [6.45, 7) is 8.23. The van der Waals surface area contributed by atoms with Crippen molar-refractivity contribution in [2.75, 3.05) is 23.3 Å². The van der Waals surface area contributed by atoms with Crippen LogP contribution in [0.1, 0.15) is 10.4 Å². The maximum atomic E-state index is 12.5. The van der Waals surface area contributed by atoms with Gasteiger partial charge in [-0.2, -0.15) is 9.97 Å². The van der Waals surface area contributed by atoms with E-state index in [-0.39, 0.29) is 17.7 Å². The van der Waals surface area contributed by atoms with Crippen LogP contribution in [-0.4, -0.2) is 38.5 Å². The van der Waals surface area contributed by atoms with Crippen LogP contribution in [0.25, 0.3) is 5.78 Å². The monoisotopic (exact) mass is 386 g/mol. The lowest BCUT2D eigenvalue weighted by Crippen LogP contribution is -2.27. The molecule has 2 aromatic heterocycles. The number of benzene rings is 1. The first-order valence-electron chi connectivity index (χ1n) is 7.83. The smallest absolute Gasteiger partial charge is 0.333 e. The maximum absolute atomic E-state index is 12.5. The van der Waals surface area contributed by atoms with Gasteiger partial charge in [0.1, 0.15) is 0 Å². The molecule has 2 heterocycles. The van der Waals surface area contributed by atoms with Crippen LogP contribution in [0.15, 0.2) is 58.9 Å². The molecule has 9 nitrogen and oxygen atoms in total. The van der Waals surface area contributed by atoms with Gasteiger partial charge in [-0.15, -0.1) is 18.1 Å². The molecule has 1 N–H and O–H groups in total. The number of carbonyl (C=O) groups is 1.